The van der Waals surface area contributed by atoms with Crippen LogP contribution in [0.25, 0.3) is 0 Å². The summed E-state index contributed by atoms with van der Waals surface area (Å²) in [6.07, 6.45) is 8.25. The van der Waals surface area contributed by atoms with Crippen molar-refractivity contribution in [1.82, 2.24) is 14.9 Å². The van der Waals surface area contributed by atoms with Crippen LogP contribution in [-0.2, 0) is 25.8 Å². The lowest BCUT2D eigenvalue weighted by Gasteiger charge is -2.25. The van der Waals surface area contributed by atoms with Crippen LogP contribution in [0.2, 0.25) is 0 Å². The van der Waals surface area contributed by atoms with Gasteiger partial charge in [-0.1, -0.05) is 6.42 Å². The number of amides is 1. The zero-order valence-electron chi connectivity index (χ0n) is 14.8. The standard InChI is InChI=1S/C20H23N3O3/c24-18-14(10-13-4-1-2-7-15(13)21-18)20(25)23-9-8-17-16(11-23)22-19(26-17)12-5-3-6-12/h10,12H,1-9,11H2,(H,21,24). The summed E-state index contributed by atoms with van der Waals surface area (Å²) in [5.74, 6) is 2.00. The number of rotatable bonds is 2. The molecule has 0 spiro atoms. The third kappa shape index (κ3) is 2.59. The number of hydrogen-bond acceptors (Lipinski definition) is 4. The normalized spacial score (nSPS) is 19.6. The molecular formula is C20H23N3O3. The number of nitrogens with one attached hydrogen (secondary N) is 1. The lowest BCUT2D eigenvalue weighted by molar-refractivity contribution is 0.0725. The van der Waals surface area contributed by atoms with Crippen LogP contribution in [0.5, 0.6) is 0 Å². The SMILES string of the molecule is O=C(c1cc2c([nH]c1=O)CCCC2)N1CCc2oc(C3CCC3)nc2C1. The molecule has 2 aromatic heterocycles. The predicted octanol–water partition coefficient (Wildman–Crippen LogP) is 2.71. The summed E-state index contributed by atoms with van der Waals surface area (Å²) in [6, 6.07) is 1.81. The van der Waals surface area contributed by atoms with E-state index in [9.17, 15) is 9.59 Å². The molecule has 1 aliphatic heterocycles. The summed E-state index contributed by atoms with van der Waals surface area (Å²) in [5.41, 5.74) is 2.97. The zero-order valence-corrected chi connectivity index (χ0v) is 14.8. The molecule has 6 nitrogen and oxygen atoms in total. The Kier molecular flexibility index (Phi) is 3.72. The highest BCUT2D eigenvalue weighted by atomic mass is 16.4. The Morgan fingerprint density at radius 1 is 1.19 bits per heavy atom. The van der Waals surface area contributed by atoms with Crippen LogP contribution in [0.1, 0.15) is 77.0 Å². The van der Waals surface area contributed by atoms with Crippen LogP contribution in [-0.4, -0.2) is 27.3 Å². The molecule has 1 saturated carbocycles. The smallest absolute Gasteiger partial charge is 0.261 e. The molecule has 2 aliphatic carbocycles. The Labute approximate surface area is 151 Å². The third-order valence-corrected chi connectivity index (χ3v) is 6.05. The summed E-state index contributed by atoms with van der Waals surface area (Å²) in [6.45, 7) is 1.00. The molecule has 3 aliphatic rings. The minimum Gasteiger partial charge on any atom is -0.445 e. The van der Waals surface area contributed by atoms with Gasteiger partial charge in [0.25, 0.3) is 11.5 Å². The van der Waals surface area contributed by atoms with E-state index in [1.54, 1.807) is 4.90 Å². The van der Waals surface area contributed by atoms with E-state index in [1.807, 2.05) is 6.07 Å². The number of carbonyl (C=O) groups excluding carboxylic acids is 1. The molecule has 136 valence electrons. The first-order chi connectivity index (χ1) is 12.7. The van der Waals surface area contributed by atoms with Crippen molar-refractivity contribution in [3.8, 4) is 0 Å². The molecule has 3 heterocycles. The second-order valence-electron chi connectivity index (χ2n) is 7.75. The number of fused-ring (bicyclic) bond motifs is 2. The molecule has 5 rings (SSSR count). The number of aryl methyl sites for hydroxylation is 2. The van der Waals surface area contributed by atoms with E-state index < -0.39 is 0 Å². The molecule has 26 heavy (non-hydrogen) atoms. The molecular weight excluding hydrogens is 330 g/mol. The number of aromatic amines is 1. The van der Waals surface area contributed by atoms with Gasteiger partial charge >= 0.3 is 0 Å². The number of nitrogens with zero attached hydrogens (tertiary/aromatic N) is 2. The quantitative estimate of drug-likeness (QED) is 0.900. The van der Waals surface area contributed by atoms with Crippen LogP contribution in [0.15, 0.2) is 15.3 Å². The summed E-state index contributed by atoms with van der Waals surface area (Å²) in [5, 5.41) is 0. The van der Waals surface area contributed by atoms with Crippen molar-refractivity contribution in [3.63, 3.8) is 0 Å². The van der Waals surface area contributed by atoms with Crippen molar-refractivity contribution in [2.75, 3.05) is 6.54 Å². The molecule has 0 saturated heterocycles. The number of H-pyrrole nitrogens is 1. The van der Waals surface area contributed by atoms with Gasteiger partial charge in [0.05, 0.1) is 6.54 Å². The maximum atomic E-state index is 13.0. The Morgan fingerprint density at radius 2 is 2.04 bits per heavy atom. The average molecular weight is 353 g/mol. The van der Waals surface area contributed by atoms with E-state index in [2.05, 4.69) is 9.97 Å². The average Bonchev–Trinajstić information content (AvgIpc) is 3.01. The predicted molar refractivity (Wildman–Crippen MR) is 95.2 cm³/mol. The molecule has 0 atom stereocenters. The van der Waals surface area contributed by atoms with E-state index >= 15 is 0 Å². The van der Waals surface area contributed by atoms with Gasteiger partial charge in [0.1, 0.15) is 17.0 Å². The van der Waals surface area contributed by atoms with Crippen molar-refractivity contribution in [3.05, 3.63) is 50.6 Å². The van der Waals surface area contributed by atoms with Gasteiger partial charge in [-0.25, -0.2) is 4.98 Å². The zero-order chi connectivity index (χ0) is 17.7. The van der Waals surface area contributed by atoms with Gasteiger partial charge in [0.15, 0.2) is 5.89 Å². The summed E-state index contributed by atoms with van der Waals surface area (Å²) < 4.78 is 5.92. The van der Waals surface area contributed by atoms with Gasteiger partial charge in [-0.2, -0.15) is 0 Å². The second-order valence-corrected chi connectivity index (χ2v) is 7.75. The van der Waals surface area contributed by atoms with Crippen LogP contribution >= 0.6 is 0 Å². The lowest BCUT2D eigenvalue weighted by atomic mass is 9.85. The van der Waals surface area contributed by atoms with Gasteiger partial charge in [-0.15, -0.1) is 0 Å². The number of pyridine rings is 1. The molecule has 6 heteroatoms. The van der Waals surface area contributed by atoms with Crippen LogP contribution < -0.4 is 5.56 Å². The van der Waals surface area contributed by atoms with E-state index in [4.69, 9.17) is 4.42 Å². The monoisotopic (exact) mass is 353 g/mol. The number of hydrogen-bond donors (Lipinski definition) is 1. The third-order valence-electron chi connectivity index (χ3n) is 6.05. The van der Waals surface area contributed by atoms with Crippen molar-refractivity contribution in [1.29, 1.82) is 0 Å². The van der Waals surface area contributed by atoms with Gasteiger partial charge in [0, 0.05) is 24.6 Å². The maximum Gasteiger partial charge on any atom is 0.261 e. The number of carbonyl (C=O) groups is 1. The summed E-state index contributed by atoms with van der Waals surface area (Å²) in [4.78, 5) is 34.7. The molecule has 1 amide bonds. The molecule has 0 radical (unpaired) electrons. The van der Waals surface area contributed by atoms with Crippen molar-refractivity contribution < 1.29 is 9.21 Å². The highest BCUT2D eigenvalue weighted by molar-refractivity contribution is 5.94. The summed E-state index contributed by atoms with van der Waals surface area (Å²) in [7, 11) is 0. The Bertz CT molecular complexity index is 923. The first-order valence-corrected chi connectivity index (χ1v) is 9.72. The van der Waals surface area contributed by atoms with E-state index in [0.29, 0.717) is 25.4 Å². The summed E-state index contributed by atoms with van der Waals surface area (Å²) >= 11 is 0. The van der Waals surface area contributed by atoms with Gasteiger partial charge in [-0.3, -0.25) is 9.59 Å². The first-order valence-electron chi connectivity index (χ1n) is 9.72. The molecule has 2 aromatic rings. The first kappa shape index (κ1) is 15.9. The molecule has 0 bridgehead atoms. The van der Waals surface area contributed by atoms with E-state index in [0.717, 1.165) is 67.1 Å². The fourth-order valence-corrected chi connectivity index (χ4v) is 4.23. The fourth-order valence-electron chi connectivity index (χ4n) is 4.23. The topological polar surface area (TPSA) is 79.2 Å². The number of aromatic nitrogens is 2. The lowest BCUT2D eigenvalue weighted by Crippen LogP contribution is -2.38. The van der Waals surface area contributed by atoms with Gasteiger partial charge in [0.2, 0.25) is 0 Å². The second kappa shape index (κ2) is 6.11. The molecule has 1 fully saturated rings. The Hall–Kier alpha value is -2.37. The highest BCUT2D eigenvalue weighted by Gasteiger charge is 2.31. The Balaban J connectivity index is 1.39. The van der Waals surface area contributed by atoms with Crippen LogP contribution in [0, 0.1) is 0 Å². The Morgan fingerprint density at radius 3 is 2.85 bits per heavy atom. The van der Waals surface area contributed by atoms with Crippen molar-refractivity contribution in [2.45, 2.75) is 63.8 Å². The fraction of sp³-hybridized carbons (Fsp3) is 0.550. The minimum absolute atomic E-state index is 0.196. The van der Waals surface area contributed by atoms with Crippen LogP contribution in [0.3, 0.4) is 0 Å². The molecule has 1 N–H and O–H groups in total. The molecule has 0 unspecified atom stereocenters. The van der Waals surface area contributed by atoms with Gasteiger partial charge in [-0.05, 0) is 50.2 Å². The molecule has 0 aromatic carbocycles. The maximum absolute atomic E-state index is 13.0. The van der Waals surface area contributed by atoms with Crippen LogP contribution in [0.4, 0.5) is 0 Å². The largest absolute Gasteiger partial charge is 0.445 e. The number of oxazole rings is 1. The van der Waals surface area contributed by atoms with E-state index in [-0.39, 0.29) is 17.0 Å². The van der Waals surface area contributed by atoms with E-state index in [1.165, 1.54) is 6.42 Å². The van der Waals surface area contributed by atoms with Crippen molar-refractivity contribution in [2.24, 2.45) is 0 Å². The van der Waals surface area contributed by atoms with Gasteiger partial charge < -0.3 is 14.3 Å². The highest BCUT2D eigenvalue weighted by Crippen LogP contribution is 2.37. The van der Waals surface area contributed by atoms with Crippen molar-refractivity contribution >= 4 is 5.91 Å². The minimum atomic E-state index is -0.267.